The van der Waals surface area contributed by atoms with Crippen molar-refractivity contribution in [2.24, 2.45) is 0 Å². The van der Waals surface area contributed by atoms with Gasteiger partial charge in [-0.05, 0) is 36.6 Å². The molecule has 2 nitrogen and oxygen atoms in total. The number of aromatic nitrogens is 1. The monoisotopic (exact) mass is 337 g/mol. The average Bonchev–Trinajstić information content (AvgIpc) is 3.25. The molecule has 0 atom stereocenters. The third-order valence-corrected chi connectivity index (χ3v) is 5.86. The molecule has 26 heavy (non-hydrogen) atoms. The van der Waals surface area contributed by atoms with Crippen molar-refractivity contribution in [2.45, 2.75) is 26.7 Å². The lowest BCUT2D eigenvalue weighted by Crippen LogP contribution is -1.95. The highest BCUT2D eigenvalue weighted by Gasteiger charge is 2.22. The van der Waals surface area contributed by atoms with Crippen LogP contribution in [0.25, 0.3) is 49.1 Å². The summed E-state index contributed by atoms with van der Waals surface area (Å²) in [7, 11) is 0. The van der Waals surface area contributed by atoms with E-state index in [4.69, 9.17) is 4.42 Å². The molecular formula is C24H19NO. The molecule has 2 heteroatoms. The number of furan rings is 1. The van der Waals surface area contributed by atoms with Crippen LogP contribution in [0.5, 0.6) is 0 Å². The molecule has 0 N–H and O–H groups in total. The first-order valence-electron chi connectivity index (χ1n) is 9.25. The summed E-state index contributed by atoms with van der Waals surface area (Å²) in [6.45, 7) is 6.83. The normalized spacial score (nSPS) is 12.8. The van der Waals surface area contributed by atoms with Crippen molar-refractivity contribution >= 4 is 49.1 Å². The number of aryl methyl sites for hydroxylation is 1. The van der Waals surface area contributed by atoms with Crippen molar-refractivity contribution in [2.75, 3.05) is 0 Å². The van der Waals surface area contributed by atoms with Gasteiger partial charge in [-0.2, -0.15) is 0 Å². The maximum atomic E-state index is 6.14. The molecule has 0 saturated heterocycles. The number of rotatable bonds is 1. The lowest BCUT2D eigenvalue weighted by Gasteiger charge is -2.08. The summed E-state index contributed by atoms with van der Waals surface area (Å²) in [5.74, 6) is 0.470. The molecule has 3 aromatic carbocycles. The largest absolute Gasteiger partial charge is 0.456 e. The SMILES string of the molecule is Cc1c(C(C)C)n2c3cc4c(cc3c3cccc1c32)oc1ccccc14. The number of para-hydroxylation sites is 2. The molecule has 0 unspecified atom stereocenters. The van der Waals surface area contributed by atoms with Gasteiger partial charge in [-0.25, -0.2) is 0 Å². The lowest BCUT2D eigenvalue weighted by molar-refractivity contribution is 0.669. The maximum Gasteiger partial charge on any atom is 0.136 e. The number of hydrogen-bond donors (Lipinski definition) is 0. The second-order valence-electron chi connectivity index (χ2n) is 7.67. The fourth-order valence-electron chi connectivity index (χ4n) is 4.83. The van der Waals surface area contributed by atoms with Crippen LogP contribution in [0.15, 0.2) is 59.0 Å². The molecule has 0 aliphatic heterocycles. The molecule has 0 bridgehead atoms. The molecule has 6 aromatic rings. The Morgan fingerprint density at radius 2 is 1.54 bits per heavy atom. The van der Waals surface area contributed by atoms with Crippen LogP contribution in [0, 0.1) is 6.92 Å². The van der Waals surface area contributed by atoms with Crippen LogP contribution in [0.4, 0.5) is 0 Å². The van der Waals surface area contributed by atoms with E-state index >= 15 is 0 Å². The summed E-state index contributed by atoms with van der Waals surface area (Å²) in [4.78, 5) is 0. The zero-order valence-electron chi connectivity index (χ0n) is 15.1. The Hall–Kier alpha value is -3.00. The zero-order valence-corrected chi connectivity index (χ0v) is 15.1. The molecular weight excluding hydrogens is 318 g/mol. The Morgan fingerprint density at radius 3 is 2.38 bits per heavy atom. The van der Waals surface area contributed by atoms with Crippen molar-refractivity contribution in [1.29, 1.82) is 0 Å². The molecule has 0 aliphatic rings. The zero-order chi connectivity index (χ0) is 17.6. The Balaban J connectivity index is 1.93. The summed E-state index contributed by atoms with van der Waals surface area (Å²) in [5.41, 5.74) is 7.37. The molecule has 0 amide bonds. The van der Waals surface area contributed by atoms with Gasteiger partial charge < -0.3 is 8.82 Å². The van der Waals surface area contributed by atoms with Crippen LogP contribution >= 0.6 is 0 Å². The fourth-order valence-corrected chi connectivity index (χ4v) is 4.83. The van der Waals surface area contributed by atoms with Crippen LogP contribution in [0.2, 0.25) is 0 Å². The Kier molecular flexibility index (Phi) is 2.50. The molecule has 0 fully saturated rings. The van der Waals surface area contributed by atoms with Crippen molar-refractivity contribution in [3.8, 4) is 0 Å². The highest BCUT2D eigenvalue weighted by molar-refractivity contribution is 6.20. The van der Waals surface area contributed by atoms with E-state index in [1.54, 1.807) is 0 Å². The van der Waals surface area contributed by atoms with Gasteiger partial charge in [0.2, 0.25) is 0 Å². The van der Waals surface area contributed by atoms with Crippen molar-refractivity contribution < 1.29 is 4.42 Å². The number of nitrogens with zero attached hydrogens (tertiary/aromatic N) is 1. The van der Waals surface area contributed by atoms with Crippen LogP contribution < -0.4 is 0 Å². The standard InChI is InChI=1S/C24H19NO/c1-13(2)23-14(3)15-8-6-9-17-18-12-22-19(11-20(18)25(23)24(15)17)16-7-4-5-10-21(16)26-22/h4-13H,1-3H3. The van der Waals surface area contributed by atoms with E-state index in [2.05, 4.69) is 67.6 Å². The van der Waals surface area contributed by atoms with Crippen LogP contribution in [-0.4, -0.2) is 4.40 Å². The van der Waals surface area contributed by atoms with Gasteiger partial charge in [0.15, 0.2) is 0 Å². The van der Waals surface area contributed by atoms with Crippen molar-refractivity contribution in [1.82, 2.24) is 4.40 Å². The van der Waals surface area contributed by atoms with Gasteiger partial charge in [-0.15, -0.1) is 0 Å². The first-order chi connectivity index (χ1) is 12.6. The van der Waals surface area contributed by atoms with Gasteiger partial charge in [0.25, 0.3) is 0 Å². The van der Waals surface area contributed by atoms with E-state index in [1.165, 1.54) is 49.2 Å². The average molecular weight is 337 g/mol. The minimum Gasteiger partial charge on any atom is -0.456 e. The molecule has 0 saturated carbocycles. The fraction of sp³-hybridized carbons (Fsp3) is 0.167. The van der Waals surface area contributed by atoms with E-state index in [-0.39, 0.29) is 0 Å². The van der Waals surface area contributed by atoms with Crippen molar-refractivity contribution in [3.63, 3.8) is 0 Å². The molecule has 0 aliphatic carbocycles. The third-order valence-electron chi connectivity index (χ3n) is 5.86. The minimum atomic E-state index is 0.470. The van der Waals surface area contributed by atoms with Gasteiger partial charge in [0, 0.05) is 32.6 Å². The van der Waals surface area contributed by atoms with Gasteiger partial charge in [0.1, 0.15) is 11.2 Å². The minimum absolute atomic E-state index is 0.470. The van der Waals surface area contributed by atoms with Gasteiger partial charge in [-0.3, -0.25) is 0 Å². The summed E-state index contributed by atoms with van der Waals surface area (Å²) in [5, 5.41) is 6.34. The van der Waals surface area contributed by atoms with E-state index in [9.17, 15) is 0 Å². The molecule has 3 heterocycles. The van der Waals surface area contributed by atoms with Crippen LogP contribution in [0.1, 0.15) is 31.0 Å². The Labute approximate surface area is 151 Å². The predicted octanol–water partition coefficient (Wildman–Crippen LogP) is 7.01. The predicted molar refractivity (Wildman–Crippen MR) is 110 cm³/mol. The maximum absolute atomic E-state index is 6.14. The summed E-state index contributed by atoms with van der Waals surface area (Å²) in [6, 6.07) is 19.5. The van der Waals surface area contributed by atoms with E-state index in [0.717, 1.165) is 11.2 Å². The first kappa shape index (κ1) is 14.2. The number of fused-ring (bicyclic) bond motifs is 6. The van der Waals surface area contributed by atoms with Crippen LogP contribution in [-0.2, 0) is 0 Å². The van der Waals surface area contributed by atoms with E-state index in [1.807, 2.05) is 12.1 Å². The molecule has 0 radical (unpaired) electrons. The van der Waals surface area contributed by atoms with E-state index in [0.29, 0.717) is 5.92 Å². The Morgan fingerprint density at radius 1 is 0.769 bits per heavy atom. The van der Waals surface area contributed by atoms with Gasteiger partial charge in [0.05, 0.1) is 11.0 Å². The number of benzene rings is 3. The van der Waals surface area contributed by atoms with Gasteiger partial charge in [-0.1, -0.05) is 50.2 Å². The molecule has 6 rings (SSSR count). The van der Waals surface area contributed by atoms with Crippen LogP contribution in [0.3, 0.4) is 0 Å². The van der Waals surface area contributed by atoms with Gasteiger partial charge >= 0.3 is 0 Å². The first-order valence-corrected chi connectivity index (χ1v) is 9.25. The smallest absolute Gasteiger partial charge is 0.136 e. The Bertz CT molecular complexity index is 1460. The quantitative estimate of drug-likeness (QED) is 0.315. The summed E-state index contributed by atoms with van der Waals surface area (Å²) >= 11 is 0. The topological polar surface area (TPSA) is 17.6 Å². The molecule has 126 valence electrons. The second kappa shape index (κ2) is 4.59. The highest BCUT2D eigenvalue weighted by atomic mass is 16.3. The summed E-state index contributed by atoms with van der Waals surface area (Å²) in [6.07, 6.45) is 0. The lowest BCUT2D eigenvalue weighted by atomic mass is 10.0. The van der Waals surface area contributed by atoms with Crippen molar-refractivity contribution in [3.05, 3.63) is 65.9 Å². The third kappa shape index (κ3) is 1.53. The number of hydrogen-bond acceptors (Lipinski definition) is 1. The molecule has 0 spiro atoms. The summed E-state index contributed by atoms with van der Waals surface area (Å²) < 4.78 is 8.63. The second-order valence-corrected chi connectivity index (χ2v) is 7.67. The van der Waals surface area contributed by atoms with E-state index < -0.39 is 0 Å². The molecule has 3 aromatic heterocycles. The highest BCUT2D eigenvalue weighted by Crippen LogP contribution is 2.42.